The Labute approximate surface area is 246 Å². The average Bonchev–Trinajstić information content (AvgIpc) is 3.36. The number of esters is 1. The monoisotopic (exact) mass is 579 g/mol. The van der Waals surface area contributed by atoms with Crippen molar-refractivity contribution in [3.8, 4) is 0 Å². The number of rotatable bonds is 7. The zero-order valence-corrected chi connectivity index (χ0v) is 24.3. The summed E-state index contributed by atoms with van der Waals surface area (Å²) < 4.78 is 12.8. The lowest BCUT2D eigenvalue weighted by atomic mass is 9.77. The molecular weight excluding hydrogens is 538 g/mol. The van der Waals surface area contributed by atoms with Crippen LogP contribution in [0.15, 0.2) is 54.6 Å². The lowest BCUT2D eigenvalue weighted by Crippen LogP contribution is -2.55. The van der Waals surface area contributed by atoms with Gasteiger partial charge in [-0.25, -0.2) is 0 Å². The Balaban J connectivity index is 1.55. The third-order valence-electron chi connectivity index (χ3n) is 8.80. The second-order valence-electron chi connectivity index (χ2n) is 11.6. The summed E-state index contributed by atoms with van der Waals surface area (Å²) in [5.74, 6) is -3.51. The summed E-state index contributed by atoms with van der Waals surface area (Å²) in [7, 11) is 0. The predicted molar refractivity (Wildman–Crippen MR) is 154 cm³/mol. The van der Waals surface area contributed by atoms with Crippen molar-refractivity contribution in [1.82, 2.24) is 15.1 Å². The van der Waals surface area contributed by atoms with Gasteiger partial charge in [-0.15, -0.1) is 0 Å². The van der Waals surface area contributed by atoms with Crippen molar-refractivity contribution in [2.45, 2.75) is 75.8 Å². The Kier molecular flexibility index (Phi) is 9.13. The smallest absolute Gasteiger partial charge is 0.313 e. The van der Waals surface area contributed by atoms with Crippen LogP contribution >= 0.6 is 0 Å². The molecule has 42 heavy (non-hydrogen) atoms. The van der Waals surface area contributed by atoms with Crippen LogP contribution in [-0.2, 0) is 28.7 Å². The molecule has 0 aromatic heterocycles. The van der Waals surface area contributed by atoms with E-state index >= 15 is 0 Å². The lowest BCUT2D eigenvalue weighted by molar-refractivity contribution is -0.161. The second-order valence-corrected chi connectivity index (χ2v) is 11.6. The van der Waals surface area contributed by atoms with Gasteiger partial charge in [0.1, 0.15) is 23.7 Å². The van der Waals surface area contributed by atoms with E-state index in [4.69, 9.17) is 9.47 Å². The van der Waals surface area contributed by atoms with Gasteiger partial charge >= 0.3 is 5.97 Å². The molecule has 0 aliphatic carbocycles. The zero-order valence-electron chi connectivity index (χ0n) is 24.3. The molecular formula is C32H41N3O7. The highest BCUT2D eigenvalue weighted by molar-refractivity contribution is 5.99. The Morgan fingerprint density at radius 3 is 2.57 bits per heavy atom. The quantitative estimate of drug-likeness (QED) is 0.289. The summed E-state index contributed by atoms with van der Waals surface area (Å²) in [6, 6.07) is 7.63. The number of allylic oxidation sites excluding steroid dienone is 1. The number of amides is 3. The van der Waals surface area contributed by atoms with Gasteiger partial charge in [0.25, 0.3) is 0 Å². The first kappa shape index (κ1) is 30.0. The van der Waals surface area contributed by atoms with Crippen molar-refractivity contribution in [1.29, 1.82) is 0 Å². The van der Waals surface area contributed by atoms with Gasteiger partial charge in [-0.1, -0.05) is 74.4 Å². The highest BCUT2D eigenvalue weighted by atomic mass is 16.6. The molecule has 0 radical (unpaired) electrons. The van der Waals surface area contributed by atoms with Crippen LogP contribution in [0, 0.1) is 11.8 Å². The Morgan fingerprint density at radius 2 is 1.83 bits per heavy atom. The Bertz CT molecular complexity index is 1230. The van der Waals surface area contributed by atoms with Crippen LogP contribution in [0.4, 0.5) is 0 Å². The number of aliphatic hydroxyl groups is 1. The summed E-state index contributed by atoms with van der Waals surface area (Å²) >= 11 is 0. The molecule has 2 N–H and O–H groups in total. The number of ether oxygens (including phenoxy) is 2. The number of nitrogens with one attached hydrogen (secondary N) is 1. The number of cyclic esters (lactones) is 1. The van der Waals surface area contributed by atoms with E-state index in [9.17, 15) is 24.3 Å². The molecule has 10 nitrogen and oxygen atoms in total. The van der Waals surface area contributed by atoms with E-state index in [1.807, 2.05) is 36.4 Å². The molecule has 7 atom stereocenters. The standard InChI is InChI=1S/C32H41N3O7/c1-3-4-10-17-34-18-11-16-32-26(29(38)35(19-20-36)28(32)30(34)39)25-23(42-32)14-8-9-15-24(37)33-21(2)27(41-31(25)40)22-12-6-5-7-13-22/h5-8,11-14,16,21,23,25-28,36H,3-4,9-10,15,17-20H2,1-2H3,(H,33,37)/b14-8-/t21-,23-,25+,26+,27+,28-,32+/m1/s1. The minimum atomic E-state index is -1.40. The van der Waals surface area contributed by atoms with E-state index in [1.165, 1.54) is 4.90 Å². The third-order valence-corrected chi connectivity index (χ3v) is 8.80. The lowest BCUT2D eigenvalue weighted by Gasteiger charge is -2.35. The summed E-state index contributed by atoms with van der Waals surface area (Å²) in [5, 5.41) is 12.8. The molecule has 4 heterocycles. The van der Waals surface area contributed by atoms with Crippen LogP contribution < -0.4 is 5.32 Å². The van der Waals surface area contributed by atoms with Crippen molar-refractivity contribution in [3.63, 3.8) is 0 Å². The zero-order chi connectivity index (χ0) is 29.9. The molecule has 10 heteroatoms. The molecule has 3 amide bonds. The molecule has 1 aromatic rings. The first-order chi connectivity index (χ1) is 20.3. The van der Waals surface area contributed by atoms with Gasteiger partial charge < -0.3 is 29.7 Å². The molecule has 1 spiro atoms. The number of β-amino-alcohol motifs (C(OH)–C–C–N with tert-alkyl or cyclic N) is 1. The summed E-state index contributed by atoms with van der Waals surface area (Å²) in [6.45, 7) is 4.41. The number of benzene rings is 1. The maximum atomic E-state index is 14.2. The maximum Gasteiger partial charge on any atom is 0.313 e. The van der Waals surface area contributed by atoms with E-state index in [2.05, 4.69) is 12.2 Å². The number of fused-ring (bicyclic) bond motifs is 2. The van der Waals surface area contributed by atoms with Crippen LogP contribution in [0.1, 0.15) is 57.6 Å². The predicted octanol–water partition coefficient (Wildman–Crippen LogP) is 2.29. The minimum Gasteiger partial charge on any atom is -0.455 e. The fourth-order valence-electron chi connectivity index (χ4n) is 6.85. The molecule has 0 saturated carbocycles. The number of nitrogens with zero attached hydrogens (tertiary/aromatic N) is 2. The van der Waals surface area contributed by atoms with E-state index in [0.717, 1.165) is 19.3 Å². The van der Waals surface area contributed by atoms with Gasteiger partial charge in [0, 0.05) is 26.1 Å². The van der Waals surface area contributed by atoms with Gasteiger partial charge in [0.05, 0.1) is 24.7 Å². The largest absolute Gasteiger partial charge is 0.455 e. The Hall–Kier alpha value is -3.50. The van der Waals surface area contributed by atoms with E-state index in [-0.39, 0.29) is 31.4 Å². The highest BCUT2D eigenvalue weighted by Crippen LogP contribution is 2.53. The van der Waals surface area contributed by atoms with Crippen LogP contribution in [0.5, 0.6) is 0 Å². The molecule has 4 aliphatic rings. The van der Waals surface area contributed by atoms with Crippen molar-refractivity contribution in [3.05, 3.63) is 60.2 Å². The van der Waals surface area contributed by atoms with Crippen LogP contribution in [-0.4, -0.2) is 88.6 Å². The van der Waals surface area contributed by atoms with Crippen LogP contribution in [0.2, 0.25) is 0 Å². The normalized spacial score (nSPS) is 34.0. The topological polar surface area (TPSA) is 125 Å². The van der Waals surface area contributed by atoms with Gasteiger partial charge in [-0.3, -0.25) is 19.2 Å². The molecule has 1 aromatic carbocycles. The second kappa shape index (κ2) is 12.8. The molecule has 0 unspecified atom stereocenters. The van der Waals surface area contributed by atoms with Crippen LogP contribution in [0.25, 0.3) is 0 Å². The van der Waals surface area contributed by atoms with Gasteiger partial charge in [-0.05, 0) is 25.3 Å². The number of hydrogen-bond donors (Lipinski definition) is 2. The first-order valence-electron chi connectivity index (χ1n) is 15.1. The molecule has 5 rings (SSSR count). The molecule has 2 fully saturated rings. The average molecular weight is 580 g/mol. The van der Waals surface area contributed by atoms with Gasteiger partial charge in [0.2, 0.25) is 17.7 Å². The van der Waals surface area contributed by atoms with E-state index in [1.54, 1.807) is 30.1 Å². The maximum absolute atomic E-state index is 14.2. The molecule has 4 aliphatic heterocycles. The first-order valence-corrected chi connectivity index (χ1v) is 15.1. The van der Waals surface area contributed by atoms with Gasteiger partial charge in [0.15, 0.2) is 0 Å². The molecule has 0 bridgehead atoms. The fourth-order valence-corrected chi connectivity index (χ4v) is 6.85. The number of carbonyl (C=O) groups excluding carboxylic acids is 4. The summed E-state index contributed by atoms with van der Waals surface area (Å²) in [4.78, 5) is 58.1. The van der Waals surface area contributed by atoms with Crippen molar-refractivity contribution in [2.24, 2.45) is 11.8 Å². The van der Waals surface area contributed by atoms with Crippen molar-refractivity contribution >= 4 is 23.7 Å². The summed E-state index contributed by atoms with van der Waals surface area (Å²) in [6.07, 6.45) is 8.96. The number of unbranched alkanes of at least 4 members (excludes halogenated alkanes) is 2. The van der Waals surface area contributed by atoms with Crippen molar-refractivity contribution < 1.29 is 33.8 Å². The van der Waals surface area contributed by atoms with Crippen molar-refractivity contribution in [2.75, 3.05) is 26.2 Å². The molecule has 226 valence electrons. The van der Waals surface area contributed by atoms with Gasteiger partial charge in [-0.2, -0.15) is 0 Å². The van der Waals surface area contributed by atoms with Crippen LogP contribution in [0.3, 0.4) is 0 Å². The number of hydrogen-bond acceptors (Lipinski definition) is 7. The highest BCUT2D eigenvalue weighted by Gasteiger charge is 2.71. The number of likely N-dealkylation sites (tertiary alicyclic amines) is 1. The third kappa shape index (κ3) is 5.49. The fraction of sp³-hybridized carbons (Fsp3) is 0.562. The SMILES string of the molecule is CCCCCN1CC=C[C@]23O[C@@H]4/C=C\CCC(=O)N[C@H](C)[C@@H](c5ccccc5)OC(=O)[C@@H]4[C@H]2C(=O)N(CCO)[C@@H]3C1=O. The minimum absolute atomic E-state index is 0.0501. The van der Waals surface area contributed by atoms with E-state index < -0.39 is 53.6 Å². The summed E-state index contributed by atoms with van der Waals surface area (Å²) in [5.41, 5.74) is -0.690. The van der Waals surface area contributed by atoms with E-state index in [0.29, 0.717) is 25.1 Å². The Morgan fingerprint density at radius 1 is 1.05 bits per heavy atom. The molecule has 2 saturated heterocycles. The number of aliphatic hydroxyl groups excluding tert-OH is 1. The number of carbonyl (C=O) groups is 4.